The van der Waals surface area contributed by atoms with Crippen molar-refractivity contribution < 1.29 is 9.13 Å². The molecule has 0 aliphatic carbocycles. The van der Waals surface area contributed by atoms with E-state index in [9.17, 15) is 4.39 Å². The van der Waals surface area contributed by atoms with E-state index >= 15 is 0 Å². The highest BCUT2D eigenvalue weighted by atomic mass is 19.1. The lowest BCUT2D eigenvalue weighted by atomic mass is 10.0. The summed E-state index contributed by atoms with van der Waals surface area (Å²) in [7, 11) is 1.58. The van der Waals surface area contributed by atoms with E-state index in [-0.39, 0.29) is 5.82 Å². The Morgan fingerprint density at radius 1 is 1.11 bits per heavy atom. The van der Waals surface area contributed by atoms with E-state index in [2.05, 4.69) is 0 Å². The first kappa shape index (κ1) is 12.6. The third-order valence-corrected chi connectivity index (χ3v) is 2.91. The number of hydrogen-bond acceptors (Lipinski definition) is 2. The summed E-state index contributed by atoms with van der Waals surface area (Å²) >= 11 is 0. The quantitative estimate of drug-likeness (QED) is 0.900. The van der Waals surface area contributed by atoms with Crippen molar-refractivity contribution in [2.45, 2.75) is 13.5 Å². The number of benzene rings is 2. The maximum atomic E-state index is 14.1. The van der Waals surface area contributed by atoms with E-state index in [0.717, 1.165) is 16.7 Å². The number of aryl methyl sites for hydroxylation is 1. The molecule has 0 unspecified atom stereocenters. The van der Waals surface area contributed by atoms with Crippen LogP contribution in [0.5, 0.6) is 5.75 Å². The first-order valence-electron chi connectivity index (χ1n) is 5.79. The Kier molecular flexibility index (Phi) is 3.63. The van der Waals surface area contributed by atoms with Gasteiger partial charge in [0.1, 0.15) is 11.6 Å². The topological polar surface area (TPSA) is 35.2 Å². The summed E-state index contributed by atoms with van der Waals surface area (Å²) in [5.41, 5.74) is 8.64. The number of ether oxygens (including phenoxy) is 1. The summed E-state index contributed by atoms with van der Waals surface area (Å²) in [6.07, 6.45) is 0. The maximum Gasteiger partial charge on any atom is 0.131 e. The van der Waals surface area contributed by atoms with Crippen LogP contribution < -0.4 is 10.5 Å². The maximum absolute atomic E-state index is 14.1. The van der Waals surface area contributed by atoms with E-state index < -0.39 is 0 Å². The van der Waals surface area contributed by atoms with E-state index in [4.69, 9.17) is 10.5 Å². The zero-order chi connectivity index (χ0) is 13.1. The van der Waals surface area contributed by atoms with E-state index in [1.54, 1.807) is 13.2 Å². The Bertz CT molecular complexity index is 566. The van der Waals surface area contributed by atoms with Crippen molar-refractivity contribution in [3.05, 3.63) is 53.3 Å². The molecule has 0 heterocycles. The van der Waals surface area contributed by atoms with Crippen molar-refractivity contribution in [2.75, 3.05) is 7.11 Å². The SMILES string of the molecule is COc1ccc(C)cc1-c1ccc(CN)cc1F. The number of hydrogen-bond donors (Lipinski definition) is 1. The number of methoxy groups -OCH3 is 1. The number of halogens is 1. The molecule has 0 amide bonds. The molecule has 18 heavy (non-hydrogen) atoms. The minimum atomic E-state index is -0.276. The first-order chi connectivity index (χ1) is 8.65. The molecule has 0 saturated carbocycles. The molecule has 2 N–H and O–H groups in total. The van der Waals surface area contributed by atoms with Crippen LogP contribution in [0.15, 0.2) is 36.4 Å². The van der Waals surface area contributed by atoms with Crippen LogP contribution in [-0.4, -0.2) is 7.11 Å². The van der Waals surface area contributed by atoms with Gasteiger partial charge in [0.25, 0.3) is 0 Å². The van der Waals surface area contributed by atoms with Crippen LogP contribution in [0.3, 0.4) is 0 Å². The standard InChI is InChI=1S/C15H16FNO/c1-10-3-6-15(18-2)13(7-10)12-5-4-11(9-17)8-14(12)16/h3-8H,9,17H2,1-2H3. The minimum Gasteiger partial charge on any atom is -0.496 e. The predicted octanol–water partition coefficient (Wildman–Crippen LogP) is 3.27. The normalized spacial score (nSPS) is 10.4. The molecule has 0 spiro atoms. The predicted molar refractivity (Wildman–Crippen MR) is 71.0 cm³/mol. The van der Waals surface area contributed by atoms with E-state index in [1.807, 2.05) is 31.2 Å². The molecule has 2 aromatic rings. The van der Waals surface area contributed by atoms with Crippen LogP contribution >= 0.6 is 0 Å². The van der Waals surface area contributed by atoms with Gasteiger partial charge in [0, 0.05) is 17.7 Å². The van der Waals surface area contributed by atoms with Crippen LogP contribution in [0.4, 0.5) is 4.39 Å². The third-order valence-electron chi connectivity index (χ3n) is 2.91. The van der Waals surface area contributed by atoms with Crippen LogP contribution in [0.25, 0.3) is 11.1 Å². The minimum absolute atomic E-state index is 0.276. The molecule has 0 fully saturated rings. The van der Waals surface area contributed by atoms with Crippen molar-refractivity contribution in [1.29, 1.82) is 0 Å². The van der Waals surface area contributed by atoms with E-state index in [0.29, 0.717) is 17.9 Å². The van der Waals surface area contributed by atoms with Gasteiger partial charge in [-0.15, -0.1) is 0 Å². The van der Waals surface area contributed by atoms with Crippen molar-refractivity contribution >= 4 is 0 Å². The van der Waals surface area contributed by atoms with Gasteiger partial charge in [-0.25, -0.2) is 4.39 Å². The van der Waals surface area contributed by atoms with Crippen molar-refractivity contribution in [2.24, 2.45) is 5.73 Å². The lowest BCUT2D eigenvalue weighted by Gasteiger charge is -2.11. The van der Waals surface area contributed by atoms with Gasteiger partial charge in [-0.3, -0.25) is 0 Å². The summed E-state index contributed by atoms with van der Waals surface area (Å²) in [5.74, 6) is 0.391. The summed E-state index contributed by atoms with van der Waals surface area (Å²) < 4.78 is 19.3. The van der Waals surface area contributed by atoms with Crippen molar-refractivity contribution in [1.82, 2.24) is 0 Å². The first-order valence-corrected chi connectivity index (χ1v) is 5.79. The Balaban J connectivity index is 2.57. The van der Waals surface area contributed by atoms with Crippen LogP contribution in [0.2, 0.25) is 0 Å². The molecule has 0 radical (unpaired) electrons. The highest BCUT2D eigenvalue weighted by molar-refractivity contribution is 5.72. The molecule has 0 atom stereocenters. The molecule has 94 valence electrons. The fourth-order valence-corrected chi connectivity index (χ4v) is 1.94. The second kappa shape index (κ2) is 5.19. The van der Waals surface area contributed by atoms with E-state index in [1.165, 1.54) is 6.07 Å². The van der Waals surface area contributed by atoms with Gasteiger partial charge in [0.15, 0.2) is 0 Å². The van der Waals surface area contributed by atoms with Crippen molar-refractivity contribution in [3.63, 3.8) is 0 Å². The lowest BCUT2D eigenvalue weighted by Crippen LogP contribution is -1.98. The second-order valence-corrected chi connectivity index (χ2v) is 4.22. The zero-order valence-electron chi connectivity index (χ0n) is 10.5. The molecule has 2 nitrogen and oxygen atoms in total. The van der Waals surface area contributed by atoms with Gasteiger partial charge in [-0.1, -0.05) is 23.8 Å². The highest BCUT2D eigenvalue weighted by Gasteiger charge is 2.11. The molecule has 0 aliphatic heterocycles. The number of rotatable bonds is 3. The van der Waals surface area contributed by atoms with Gasteiger partial charge in [-0.2, -0.15) is 0 Å². The molecular formula is C15H16FNO. The van der Waals surface area contributed by atoms with Gasteiger partial charge in [0.05, 0.1) is 7.11 Å². The van der Waals surface area contributed by atoms with Crippen LogP contribution in [-0.2, 0) is 6.54 Å². The summed E-state index contributed by atoms with van der Waals surface area (Å²) in [4.78, 5) is 0. The molecular weight excluding hydrogens is 229 g/mol. The Morgan fingerprint density at radius 3 is 2.50 bits per heavy atom. The van der Waals surface area contributed by atoms with Crippen LogP contribution in [0.1, 0.15) is 11.1 Å². The molecule has 3 heteroatoms. The molecule has 0 bridgehead atoms. The van der Waals surface area contributed by atoms with Crippen LogP contribution in [0, 0.1) is 12.7 Å². The van der Waals surface area contributed by atoms with Gasteiger partial charge < -0.3 is 10.5 Å². The Hall–Kier alpha value is -1.87. The second-order valence-electron chi connectivity index (χ2n) is 4.22. The average molecular weight is 245 g/mol. The zero-order valence-corrected chi connectivity index (χ0v) is 10.5. The summed E-state index contributed by atoms with van der Waals surface area (Å²) in [6, 6.07) is 10.8. The molecule has 2 rings (SSSR count). The monoisotopic (exact) mass is 245 g/mol. The molecule has 0 saturated heterocycles. The summed E-state index contributed by atoms with van der Waals surface area (Å²) in [5, 5.41) is 0. The fraction of sp³-hybridized carbons (Fsp3) is 0.200. The summed E-state index contributed by atoms with van der Waals surface area (Å²) in [6.45, 7) is 2.30. The largest absolute Gasteiger partial charge is 0.496 e. The highest BCUT2D eigenvalue weighted by Crippen LogP contribution is 2.32. The van der Waals surface area contributed by atoms with Crippen molar-refractivity contribution in [3.8, 4) is 16.9 Å². The van der Waals surface area contributed by atoms with Gasteiger partial charge in [0.2, 0.25) is 0 Å². The smallest absolute Gasteiger partial charge is 0.131 e. The third kappa shape index (κ3) is 2.36. The average Bonchev–Trinajstić information content (AvgIpc) is 2.38. The lowest BCUT2D eigenvalue weighted by molar-refractivity contribution is 0.416. The van der Waals surface area contributed by atoms with Gasteiger partial charge >= 0.3 is 0 Å². The molecule has 0 aromatic heterocycles. The van der Waals surface area contributed by atoms with Gasteiger partial charge in [-0.05, 0) is 30.7 Å². The Labute approximate surface area is 106 Å². The molecule has 2 aromatic carbocycles. The fourth-order valence-electron chi connectivity index (χ4n) is 1.94. The molecule has 0 aliphatic rings. The number of nitrogens with two attached hydrogens (primary N) is 1. The Morgan fingerprint density at radius 2 is 1.89 bits per heavy atom.